The van der Waals surface area contributed by atoms with Crippen molar-refractivity contribution < 1.29 is 35.8 Å². The highest BCUT2D eigenvalue weighted by molar-refractivity contribution is 5.96. The van der Waals surface area contributed by atoms with E-state index in [1.165, 1.54) is 70.6 Å². The van der Waals surface area contributed by atoms with Gasteiger partial charge in [0, 0.05) is 30.7 Å². The topological polar surface area (TPSA) is 43.4 Å². The molecule has 1 atom stereocenters. The van der Waals surface area contributed by atoms with Crippen molar-refractivity contribution in [1.82, 2.24) is 0 Å². The van der Waals surface area contributed by atoms with E-state index < -0.39 is 0 Å². The maximum atomic E-state index is 12.8. The third-order valence-electron chi connectivity index (χ3n) is 8.38. The molecule has 3 saturated heterocycles. The van der Waals surface area contributed by atoms with Crippen LogP contribution in [0.1, 0.15) is 120 Å². The standard InChI is InChI=1S/C31H50NO3.BrH/c1-2-3-4-5-6-7-8-9-10-11-12-13-17-20-31(34)35-30-26-32(23-21-28(30)22-24-32)25-29(33)27-18-15-14-16-19-27;/h14-16,18-19,28,30H,2-13,17,20-26H2,1H3;1H/q+1;/p-1. The average Bonchev–Trinajstić information content (AvgIpc) is 2.88. The minimum atomic E-state index is -0.0284. The third kappa shape index (κ3) is 10.7. The minimum Gasteiger partial charge on any atom is -1.00 e. The summed E-state index contributed by atoms with van der Waals surface area (Å²) in [5.41, 5.74) is 0.795. The Morgan fingerprint density at radius 2 is 1.33 bits per heavy atom. The zero-order valence-corrected chi connectivity index (χ0v) is 24.3. The normalized spacial score (nSPS) is 22.7. The highest BCUT2D eigenvalue weighted by Crippen LogP contribution is 2.36. The Morgan fingerprint density at radius 1 is 0.806 bits per heavy atom. The lowest BCUT2D eigenvalue weighted by molar-refractivity contribution is -0.938. The number of rotatable bonds is 18. The lowest BCUT2D eigenvalue weighted by Crippen LogP contribution is -3.00. The molecule has 1 aromatic rings. The van der Waals surface area contributed by atoms with E-state index in [2.05, 4.69) is 6.92 Å². The fourth-order valence-electron chi connectivity index (χ4n) is 6.11. The second-order valence-corrected chi connectivity index (χ2v) is 11.3. The number of halogens is 1. The van der Waals surface area contributed by atoms with E-state index in [0.29, 0.717) is 18.9 Å². The summed E-state index contributed by atoms with van der Waals surface area (Å²) in [7, 11) is 0. The summed E-state index contributed by atoms with van der Waals surface area (Å²) >= 11 is 0. The van der Waals surface area contributed by atoms with E-state index in [-0.39, 0.29) is 34.8 Å². The molecule has 3 fully saturated rings. The van der Waals surface area contributed by atoms with Crippen LogP contribution in [0.2, 0.25) is 0 Å². The Bertz CT molecular complexity index is 745. The van der Waals surface area contributed by atoms with Crippen LogP contribution < -0.4 is 17.0 Å². The second-order valence-electron chi connectivity index (χ2n) is 11.3. The van der Waals surface area contributed by atoms with Crippen molar-refractivity contribution in [2.45, 2.75) is 116 Å². The number of hydrogen-bond donors (Lipinski definition) is 0. The summed E-state index contributed by atoms with van der Waals surface area (Å²) in [6.45, 7) is 5.69. The van der Waals surface area contributed by atoms with Crippen molar-refractivity contribution >= 4 is 11.8 Å². The van der Waals surface area contributed by atoms with E-state index in [0.717, 1.165) is 55.4 Å². The number of esters is 1. The van der Waals surface area contributed by atoms with E-state index in [1.54, 1.807) is 0 Å². The van der Waals surface area contributed by atoms with Crippen molar-refractivity contribution in [3.05, 3.63) is 35.9 Å². The number of hydrogen-bond acceptors (Lipinski definition) is 3. The van der Waals surface area contributed by atoms with Gasteiger partial charge in [0.05, 0.1) is 13.1 Å². The number of ether oxygens (including phenoxy) is 1. The van der Waals surface area contributed by atoms with Crippen LogP contribution in [0.25, 0.3) is 0 Å². The monoisotopic (exact) mass is 563 g/mol. The Labute approximate surface area is 230 Å². The van der Waals surface area contributed by atoms with Crippen LogP contribution in [-0.4, -0.2) is 48.5 Å². The fraction of sp³-hybridized carbons (Fsp3) is 0.742. The molecular weight excluding hydrogens is 514 g/mol. The van der Waals surface area contributed by atoms with Gasteiger partial charge in [-0.1, -0.05) is 114 Å². The lowest BCUT2D eigenvalue weighted by Gasteiger charge is -2.51. The minimum absolute atomic E-state index is 0. The number of carbonyl (C=O) groups is 2. The van der Waals surface area contributed by atoms with Gasteiger partial charge >= 0.3 is 5.97 Å². The van der Waals surface area contributed by atoms with Crippen LogP contribution in [0.5, 0.6) is 0 Å². The van der Waals surface area contributed by atoms with Gasteiger partial charge in [0.15, 0.2) is 6.10 Å². The summed E-state index contributed by atoms with van der Waals surface area (Å²) < 4.78 is 6.77. The summed E-state index contributed by atoms with van der Waals surface area (Å²) in [5, 5.41) is 0. The largest absolute Gasteiger partial charge is 1.00 e. The first-order chi connectivity index (χ1) is 17.1. The number of quaternary nitrogens is 1. The zero-order chi connectivity index (χ0) is 24.8. The highest BCUT2D eigenvalue weighted by Gasteiger charge is 2.48. The highest BCUT2D eigenvalue weighted by atomic mass is 79.9. The van der Waals surface area contributed by atoms with E-state index in [4.69, 9.17) is 4.74 Å². The Morgan fingerprint density at radius 3 is 1.89 bits per heavy atom. The molecule has 2 bridgehead atoms. The van der Waals surface area contributed by atoms with Gasteiger partial charge in [-0.25, -0.2) is 0 Å². The molecule has 0 N–H and O–H groups in total. The maximum absolute atomic E-state index is 12.8. The predicted molar refractivity (Wildman–Crippen MR) is 143 cm³/mol. The van der Waals surface area contributed by atoms with E-state index in [9.17, 15) is 9.59 Å². The molecule has 1 unspecified atom stereocenters. The quantitative estimate of drug-likeness (QED) is 0.114. The van der Waals surface area contributed by atoms with Gasteiger partial charge in [-0.2, -0.15) is 0 Å². The van der Waals surface area contributed by atoms with Crippen LogP contribution in [-0.2, 0) is 9.53 Å². The molecule has 3 aliphatic heterocycles. The molecule has 1 aromatic carbocycles. The van der Waals surface area contributed by atoms with Crippen molar-refractivity contribution in [3.63, 3.8) is 0 Å². The van der Waals surface area contributed by atoms with Gasteiger partial charge in [-0.05, 0) is 6.42 Å². The molecule has 0 aromatic heterocycles. The second kappa shape index (κ2) is 17.3. The summed E-state index contributed by atoms with van der Waals surface area (Å²) in [6.07, 6.45) is 19.7. The SMILES string of the molecule is CCCCCCCCCCCCCCCC(=O)OC1C[N+]2(CC(=O)c3ccccc3)CCC1CC2.[Br-]. The molecule has 36 heavy (non-hydrogen) atoms. The maximum Gasteiger partial charge on any atom is 0.306 e. The number of Topliss-reactive ketones (excluding diaryl/α,β-unsaturated/α-hetero) is 1. The average molecular weight is 565 g/mol. The smallest absolute Gasteiger partial charge is 0.306 e. The molecule has 4 nitrogen and oxygen atoms in total. The number of piperidine rings is 3. The first-order valence-corrected chi connectivity index (χ1v) is 14.7. The molecule has 204 valence electrons. The number of nitrogens with zero attached hydrogens (tertiary/aromatic N) is 1. The van der Waals surface area contributed by atoms with Crippen LogP contribution in [0.3, 0.4) is 0 Å². The van der Waals surface area contributed by atoms with Gasteiger partial charge in [0.2, 0.25) is 5.78 Å². The summed E-state index contributed by atoms with van der Waals surface area (Å²) in [4.78, 5) is 25.4. The van der Waals surface area contributed by atoms with Crippen molar-refractivity contribution in [2.75, 3.05) is 26.2 Å². The van der Waals surface area contributed by atoms with Crippen molar-refractivity contribution in [2.24, 2.45) is 5.92 Å². The van der Waals surface area contributed by atoms with Crippen LogP contribution in [0.15, 0.2) is 30.3 Å². The summed E-state index contributed by atoms with van der Waals surface area (Å²) in [6, 6.07) is 9.62. The molecular formula is C31H50BrNO3. The van der Waals surface area contributed by atoms with Gasteiger partial charge in [-0.15, -0.1) is 0 Å². The number of carbonyl (C=O) groups excluding carboxylic acids is 2. The Balaban J connectivity index is 0.00000456. The molecule has 3 heterocycles. The molecule has 0 spiro atoms. The van der Waals surface area contributed by atoms with Gasteiger partial charge in [0.1, 0.15) is 13.1 Å². The molecule has 5 heteroatoms. The van der Waals surface area contributed by atoms with Crippen LogP contribution in [0.4, 0.5) is 0 Å². The fourth-order valence-corrected chi connectivity index (χ4v) is 6.11. The number of benzene rings is 1. The number of fused-ring (bicyclic) bond motifs is 3. The third-order valence-corrected chi connectivity index (χ3v) is 8.38. The van der Waals surface area contributed by atoms with E-state index >= 15 is 0 Å². The van der Waals surface area contributed by atoms with Crippen LogP contribution >= 0.6 is 0 Å². The summed E-state index contributed by atoms with van der Waals surface area (Å²) in [5.74, 6) is 0.666. The van der Waals surface area contributed by atoms with E-state index in [1.807, 2.05) is 30.3 Å². The zero-order valence-electron chi connectivity index (χ0n) is 22.7. The first kappa shape index (κ1) is 31.0. The van der Waals surface area contributed by atoms with Crippen molar-refractivity contribution in [1.29, 1.82) is 0 Å². The Kier molecular flexibility index (Phi) is 14.9. The van der Waals surface area contributed by atoms with Gasteiger partial charge in [0.25, 0.3) is 0 Å². The molecule has 4 rings (SSSR count). The van der Waals surface area contributed by atoms with Gasteiger partial charge < -0.3 is 26.2 Å². The molecule has 0 radical (unpaired) electrons. The van der Waals surface area contributed by atoms with Crippen molar-refractivity contribution in [3.8, 4) is 0 Å². The molecule has 0 aliphatic carbocycles. The molecule has 3 aliphatic rings. The predicted octanol–water partition coefficient (Wildman–Crippen LogP) is 4.51. The van der Waals surface area contributed by atoms with Gasteiger partial charge in [-0.3, -0.25) is 9.59 Å². The lowest BCUT2D eigenvalue weighted by atomic mass is 9.82. The first-order valence-electron chi connectivity index (χ1n) is 14.7. The van der Waals surface area contributed by atoms with Crippen LogP contribution in [0, 0.1) is 5.92 Å². The Hall–Kier alpha value is -1.20. The molecule has 0 saturated carbocycles. The number of unbranched alkanes of at least 4 members (excludes halogenated alkanes) is 12. The molecule has 0 amide bonds. The number of ketones is 1.